The van der Waals surface area contributed by atoms with Gasteiger partial charge in [-0.1, -0.05) is 35.4 Å². The van der Waals surface area contributed by atoms with Crippen LogP contribution in [-0.4, -0.2) is 36.2 Å². The molecule has 2 aromatic carbocycles. The lowest BCUT2D eigenvalue weighted by molar-refractivity contribution is -0.119. The van der Waals surface area contributed by atoms with Gasteiger partial charge in [-0.2, -0.15) is 4.31 Å². The summed E-state index contributed by atoms with van der Waals surface area (Å²) in [4.78, 5) is 17.6. The third-order valence-corrected chi connectivity index (χ3v) is 8.25. The number of rotatable bonds is 5. The first-order valence-electron chi connectivity index (χ1n) is 9.87. The van der Waals surface area contributed by atoms with Gasteiger partial charge in [0.1, 0.15) is 6.04 Å². The van der Waals surface area contributed by atoms with Crippen molar-refractivity contribution in [2.75, 3.05) is 11.9 Å². The van der Waals surface area contributed by atoms with E-state index in [2.05, 4.69) is 16.4 Å². The Morgan fingerprint density at radius 2 is 1.94 bits per heavy atom. The number of aromatic nitrogens is 1. The number of hydrogen-bond acceptors (Lipinski definition) is 5. The van der Waals surface area contributed by atoms with Crippen LogP contribution in [0, 0.1) is 13.8 Å². The molecular weight excluding hydrogens is 454 g/mol. The predicted molar refractivity (Wildman–Crippen MR) is 124 cm³/mol. The van der Waals surface area contributed by atoms with E-state index in [1.54, 1.807) is 0 Å². The molecule has 6 nitrogen and oxygen atoms in total. The maximum Gasteiger partial charge on any atom is 0.244 e. The fraction of sp³-hybridized carbons (Fsp3) is 0.273. The van der Waals surface area contributed by atoms with Gasteiger partial charge < -0.3 is 5.32 Å². The molecule has 1 fully saturated rings. The maximum atomic E-state index is 13.1. The first-order chi connectivity index (χ1) is 14.8. The van der Waals surface area contributed by atoms with Crippen molar-refractivity contribution in [3.05, 3.63) is 64.0 Å². The van der Waals surface area contributed by atoms with Crippen molar-refractivity contribution >= 4 is 44.0 Å². The molecule has 31 heavy (non-hydrogen) atoms. The Labute approximate surface area is 190 Å². The van der Waals surface area contributed by atoms with Crippen LogP contribution < -0.4 is 5.32 Å². The predicted octanol–water partition coefficient (Wildman–Crippen LogP) is 4.87. The van der Waals surface area contributed by atoms with Crippen LogP contribution in [0.1, 0.15) is 24.0 Å². The van der Waals surface area contributed by atoms with Gasteiger partial charge in [-0.05, 0) is 56.5 Å². The van der Waals surface area contributed by atoms with Crippen molar-refractivity contribution in [2.24, 2.45) is 0 Å². The highest BCUT2D eigenvalue weighted by Gasteiger charge is 2.39. The summed E-state index contributed by atoms with van der Waals surface area (Å²) in [5.41, 5.74) is 4.08. The lowest BCUT2D eigenvalue weighted by Gasteiger charge is -2.23. The third-order valence-electron chi connectivity index (χ3n) is 5.32. The van der Waals surface area contributed by atoms with E-state index in [0.29, 0.717) is 29.5 Å². The molecule has 4 rings (SSSR count). The van der Waals surface area contributed by atoms with Crippen LogP contribution in [0.25, 0.3) is 11.3 Å². The zero-order chi connectivity index (χ0) is 22.2. The average Bonchev–Trinajstić information content (AvgIpc) is 3.38. The number of carbonyl (C=O) groups is 1. The monoisotopic (exact) mass is 475 g/mol. The van der Waals surface area contributed by atoms with Gasteiger partial charge in [0, 0.05) is 22.5 Å². The second kappa shape index (κ2) is 8.70. The SMILES string of the molecule is Cc1ccc(-c2csc(NC(=O)C3CCCN3S(=O)(=O)c3ccc(Cl)cc3)n2)c(C)c1. The molecule has 9 heteroatoms. The van der Waals surface area contributed by atoms with Crippen LogP contribution in [0.3, 0.4) is 0 Å². The van der Waals surface area contributed by atoms with Crippen molar-refractivity contribution < 1.29 is 13.2 Å². The van der Waals surface area contributed by atoms with Gasteiger partial charge >= 0.3 is 0 Å². The number of aryl methyl sites for hydroxylation is 2. The molecule has 162 valence electrons. The van der Waals surface area contributed by atoms with Crippen LogP contribution in [0.4, 0.5) is 5.13 Å². The summed E-state index contributed by atoms with van der Waals surface area (Å²) < 4.78 is 27.4. The molecule has 2 heterocycles. The number of nitrogens with one attached hydrogen (secondary N) is 1. The highest BCUT2D eigenvalue weighted by molar-refractivity contribution is 7.89. The number of nitrogens with zero attached hydrogens (tertiary/aromatic N) is 2. The van der Waals surface area contributed by atoms with Gasteiger partial charge in [-0.25, -0.2) is 13.4 Å². The number of hydrogen-bond donors (Lipinski definition) is 1. The van der Waals surface area contributed by atoms with Crippen LogP contribution in [0.15, 0.2) is 52.7 Å². The average molecular weight is 476 g/mol. The Morgan fingerprint density at radius 1 is 1.19 bits per heavy atom. The van der Waals surface area contributed by atoms with E-state index in [0.717, 1.165) is 16.8 Å². The maximum absolute atomic E-state index is 13.1. The quantitative estimate of drug-likeness (QED) is 0.570. The summed E-state index contributed by atoms with van der Waals surface area (Å²) in [6.45, 7) is 4.36. The van der Waals surface area contributed by atoms with Crippen molar-refractivity contribution in [3.8, 4) is 11.3 Å². The van der Waals surface area contributed by atoms with Crippen LogP contribution >= 0.6 is 22.9 Å². The molecule has 0 radical (unpaired) electrons. The highest BCUT2D eigenvalue weighted by atomic mass is 35.5. The highest BCUT2D eigenvalue weighted by Crippen LogP contribution is 2.30. The van der Waals surface area contributed by atoms with Crippen molar-refractivity contribution in [1.82, 2.24) is 9.29 Å². The van der Waals surface area contributed by atoms with Crippen molar-refractivity contribution in [2.45, 2.75) is 37.6 Å². The second-order valence-electron chi connectivity index (χ2n) is 7.57. The third kappa shape index (κ3) is 4.52. The number of amides is 1. The normalized spacial score (nSPS) is 17.1. The van der Waals surface area contributed by atoms with E-state index < -0.39 is 16.1 Å². The minimum Gasteiger partial charge on any atom is -0.301 e. The number of carbonyl (C=O) groups excluding carboxylic acids is 1. The van der Waals surface area contributed by atoms with E-state index in [-0.39, 0.29) is 10.8 Å². The zero-order valence-corrected chi connectivity index (χ0v) is 19.5. The molecule has 1 aliphatic rings. The van der Waals surface area contributed by atoms with E-state index in [4.69, 9.17) is 11.6 Å². The Balaban J connectivity index is 1.52. The van der Waals surface area contributed by atoms with Gasteiger partial charge in [0.2, 0.25) is 15.9 Å². The second-order valence-corrected chi connectivity index (χ2v) is 10.8. The molecule has 1 aliphatic heterocycles. The molecule has 1 N–H and O–H groups in total. The van der Waals surface area contributed by atoms with Crippen LogP contribution in [0.2, 0.25) is 5.02 Å². The fourth-order valence-corrected chi connectivity index (χ4v) is 6.27. The number of anilines is 1. The molecular formula is C22H22ClN3O3S2. The van der Waals surface area contributed by atoms with Crippen molar-refractivity contribution in [3.63, 3.8) is 0 Å². The summed E-state index contributed by atoms with van der Waals surface area (Å²) in [5, 5.41) is 5.61. The summed E-state index contributed by atoms with van der Waals surface area (Å²) >= 11 is 7.20. The summed E-state index contributed by atoms with van der Waals surface area (Å²) in [6, 6.07) is 11.3. The molecule has 0 saturated carbocycles. The molecule has 1 atom stereocenters. The molecule has 0 spiro atoms. The summed E-state index contributed by atoms with van der Waals surface area (Å²) in [7, 11) is -3.79. The summed E-state index contributed by atoms with van der Waals surface area (Å²) in [6.07, 6.45) is 1.09. The number of benzene rings is 2. The Bertz CT molecular complexity index is 1220. The largest absolute Gasteiger partial charge is 0.301 e. The van der Waals surface area contributed by atoms with E-state index in [9.17, 15) is 13.2 Å². The smallest absolute Gasteiger partial charge is 0.244 e. The number of halogens is 1. The lowest BCUT2D eigenvalue weighted by Crippen LogP contribution is -2.43. The van der Waals surface area contributed by atoms with Gasteiger partial charge in [-0.3, -0.25) is 4.79 Å². The van der Waals surface area contributed by atoms with Gasteiger partial charge in [-0.15, -0.1) is 11.3 Å². The first-order valence-corrected chi connectivity index (χ1v) is 12.6. The molecule has 1 unspecified atom stereocenters. The molecule has 1 amide bonds. The minimum absolute atomic E-state index is 0.128. The first kappa shape index (κ1) is 22.0. The number of sulfonamides is 1. The van der Waals surface area contributed by atoms with Gasteiger partial charge in [0.15, 0.2) is 5.13 Å². The summed E-state index contributed by atoms with van der Waals surface area (Å²) in [5.74, 6) is -0.364. The Hall–Kier alpha value is -2.26. The van der Waals surface area contributed by atoms with Crippen molar-refractivity contribution in [1.29, 1.82) is 0 Å². The Kier molecular flexibility index (Phi) is 6.16. The molecule has 1 aromatic heterocycles. The standard InChI is InChI=1S/C22H22ClN3O3S2/c1-14-5-10-18(15(2)12-14)19-13-30-22(24-19)25-21(27)20-4-3-11-26(20)31(28,29)17-8-6-16(23)7-9-17/h5-10,12-13,20H,3-4,11H2,1-2H3,(H,24,25,27). The molecule has 3 aromatic rings. The van der Waals surface area contributed by atoms with E-state index in [1.165, 1.54) is 45.5 Å². The number of thiazole rings is 1. The van der Waals surface area contributed by atoms with Gasteiger partial charge in [0.25, 0.3) is 0 Å². The van der Waals surface area contributed by atoms with Gasteiger partial charge in [0.05, 0.1) is 10.6 Å². The van der Waals surface area contributed by atoms with E-state index in [1.807, 2.05) is 31.4 Å². The van der Waals surface area contributed by atoms with Crippen LogP contribution in [0.5, 0.6) is 0 Å². The molecule has 1 saturated heterocycles. The minimum atomic E-state index is -3.79. The Morgan fingerprint density at radius 3 is 2.65 bits per heavy atom. The van der Waals surface area contributed by atoms with E-state index >= 15 is 0 Å². The lowest BCUT2D eigenvalue weighted by atomic mass is 10.0. The molecule has 0 bridgehead atoms. The topological polar surface area (TPSA) is 79.4 Å². The van der Waals surface area contributed by atoms with Crippen LogP contribution in [-0.2, 0) is 14.8 Å². The molecule has 0 aliphatic carbocycles. The zero-order valence-electron chi connectivity index (χ0n) is 17.1. The fourth-order valence-electron chi connectivity index (χ4n) is 3.78.